The van der Waals surface area contributed by atoms with Crippen LogP contribution in [0.5, 0.6) is 0 Å². The molecule has 2 amide bonds. The number of aliphatic imine (C=N–C) groups is 1. The number of hydrogen-bond acceptors (Lipinski definition) is 4. The lowest BCUT2D eigenvalue weighted by Crippen LogP contribution is -2.47. The van der Waals surface area contributed by atoms with Gasteiger partial charge in [-0.25, -0.2) is 0 Å². The second-order valence-electron chi connectivity index (χ2n) is 5.94. The molecule has 0 bridgehead atoms. The zero-order valence-corrected chi connectivity index (χ0v) is 15.0. The highest BCUT2D eigenvalue weighted by Crippen LogP contribution is 2.32. The fourth-order valence-electron chi connectivity index (χ4n) is 2.50. The number of alkyl halides is 3. The third-order valence-electron chi connectivity index (χ3n) is 3.87. The van der Waals surface area contributed by atoms with Crippen molar-refractivity contribution < 1.29 is 22.8 Å². The molecule has 0 spiro atoms. The van der Waals surface area contributed by atoms with Gasteiger partial charge in [0.2, 0.25) is 5.91 Å². The minimum atomic E-state index is -4.51. The molecule has 146 valence electrons. The molecule has 0 saturated heterocycles. The van der Waals surface area contributed by atoms with Crippen LogP contribution in [0.2, 0.25) is 5.02 Å². The summed E-state index contributed by atoms with van der Waals surface area (Å²) >= 11 is 5.91. The summed E-state index contributed by atoms with van der Waals surface area (Å²) in [7, 11) is 0. The lowest BCUT2D eigenvalue weighted by atomic mass is 10.1. The Bertz CT molecular complexity index is 943. The van der Waals surface area contributed by atoms with Gasteiger partial charge in [0.25, 0.3) is 5.91 Å². The molecule has 2 aromatic carbocycles. The molecule has 6 nitrogen and oxygen atoms in total. The summed E-state index contributed by atoms with van der Waals surface area (Å²) in [4.78, 5) is 27.3. The number of amidine groups is 1. The highest BCUT2D eigenvalue weighted by atomic mass is 35.5. The van der Waals surface area contributed by atoms with E-state index in [0.717, 1.165) is 18.2 Å². The predicted molar refractivity (Wildman–Crippen MR) is 97.9 cm³/mol. The molecule has 0 unspecified atom stereocenters. The van der Waals surface area contributed by atoms with Gasteiger partial charge in [-0.3, -0.25) is 25.4 Å². The molecule has 1 aliphatic heterocycles. The Hall–Kier alpha value is -3.07. The van der Waals surface area contributed by atoms with Crippen LogP contribution in [0.25, 0.3) is 0 Å². The average molecular weight is 411 g/mol. The monoisotopic (exact) mass is 410 g/mol. The van der Waals surface area contributed by atoms with Gasteiger partial charge in [0.15, 0.2) is 0 Å². The summed E-state index contributed by atoms with van der Waals surface area (Å²) in [5.74, 6) is -0.275. The van der Waals surface area contributed by atoms with E-state index in [4.69, 9.17) is 11.6 Å². The van der Waals surface area contributed by atoms with Gasteiger partial charge in [-0.1, -0.05) is 11.6 Å². The van der Waals surface area contributed by atoms with Crippen LogP contribution in [-0.2, 0) is 22.2 Å². The first-order chi connectivity index (χ1) is 13.2. The van der Waals surface area contributed by atoms with Crippen molar-refractivity contribution in [3.05, 3.63) is 64.2 Å². The number of hydrazine groups is 1. The lowest BCUT2D eigenvalue weighted by molar-refractivity contribution is -0.137. The van der Waals surface area contributed by atoms with Crippen molar-refractivity contribution in [2.45, 2.75) is 12.6 Å². The van der Waals surface area contributed by atoms with E-state index in [1.807, 2.05) is 0 Å². The zero-order chi connectivity index (χ0) is 20.3. The summed E-state index contributed by atoms with van der Waals surface area (Å²) in [5.41, 5.74) is 5.47. The number of halogens is 4. The zero-order valence-electron chi connectivity index (χ0n) is 14.2. The van der Waals surface area contributed by atoms with E-state index < -0.39 is 17.6 Å². The maximum absolute atomic E-state index is 12.8. The minimum Gasteiger partial charge on any atom is -0.326 e. The van der Waals surface area contributed by atoms with Crippen molar-refractivity contribution >= 4 is 34.9 Å². The largest absolute Gasteiger partial charge is 0.416 e. The van der Waals surface area contributed by atoms with Crippen molar-refractivity contribution in [1.29, 1.82) is 0 Å². The van der Waals surface area contributed by atoms with Crippen molar-refractivity contribution in [3.8, 4) is 0 Å². The Morgan fingerprint density at radius 3 is 2.46 bits per heavy atom. The molecule has 0 aliphatic carbocycles. The van der Waals surface area contributed by atoms with Gasteiger partial charge in [0.05, 0.1) is 12.0 Å². The number of anilines is 1. The highest BCUT2D eigenvalue weighted by molar-refractivity contribution is 6.31. The quantitative estimate of drug-likeness (QED) is 0.724. The number of carbonyl (C=O) groups is 2. The van der Waals surface area contributed by atoms with Crippen molar-refractivity contribution in [3.63, 3.8) is 0 Å². The number of nitrogens with zero attached hydrogens (tertiary/aromatic N) is 1. The Morgan fingerprint density at radius 1 is 1.14 bits per heavy atom. The summed E-state index contributed by atoms with van der Waals surface area (Å²) in [5, 5.41) is 2.69. The minimum absolute atomic E-state index is 0.0125. The van der Waals surface area contributed by atoms with Crippen molar-refractivity contribution in [2.75, 3.05) is 11.9 Å². The molecule has 1 heterocycles. The molecule has 1 aliphatic rings. The van der Waals surface area contributed by atoms with Crippen molar-refractivity contribution in [2.24, 2.45) is 4.99 Å². The Morgan fingerprint density at radius 2 is 1.86 bits per heavy atom. The molecule has 0 radical (unpaired) electrons. The highest BCUT2D eigenvalue weighted by Gasteiger charge is 2.31. The predicted octanol–water partition coefficient (Wildman–Crippen LogP) is 2.92. The maximum Gasteiger partial charge on any atom is 0.416 e. The number of amides is 2. The average Bonchev–Trinajstić information content (AvgIpc) is 2.64. The van der Waals surface area contributed by atoms with Gasteiger partial charge in [-0.05, 0) is 48.0 Å². The first kappa shape index (κ1) is 19.7. The Balaban J connectivity index is 1.66. The normalized spacial score (nSPS) is 14.0. The molecule has 28 heavy (non-hydrogen) atoms. The van der Waals surface area contributed by atoms with E-state index in [1.54, 1.807) is 24.3 Å². The molecule has 3 rings (SSSR count). The molecule has 2 aromatic rings. The number of rotatable bonds is 4. The van der Waals surface area contributed by atoms with Gasteiger partial charge >= 0.3 is 6.18 Å². The second-order valence-corrected chi connectivity index (χ2v) is 6.35. The van der Waals surface area contributed by atoms with Crippen LogP contribution < -0.4 is 16.2 Å². The van der Waals surface area contributed by atoms with Crippen LogP contribution in [0.4, 0.5) is 18.9 Å². The van der Waals surface area contributed by atoms with Crippen LogP contribution in [-0.4, -0.2) is 24.2 Å². The van der Waals surface area contributed by atoms with E-state index in [9.17, 15) is 22.8 Å². The first-order valence-electron chi connectivity index (χ1n) is 8.07. The summed E-state index contributed by atoms with van der Waals surface area (Å²) in [6, 6.07) is 9.44. The summed E-state index contributed by atoms with van der Waals surface area (Å²) in [6.45, 7) is 0.0125. The van der Waals surface area contributed by atoms with Gasteiger partial charge in [-0.15, -0.1) is 0 Å². The molecule has 0 atom stereocenters. The summed E-state index contributed by atoms with van der Waals surface area (Å²) < 4.78 is 38.4. The van der Waals surface area contributed by atoms with Crippen LogP contribution in [0, 0.1) is 0 Å². The van der Waals surface area contributed by atoms with Crippen LogP contribution in [0.15, 0.2) is 47.5 Å². The number of nitrogens with one attached hydrogen (secondary N) is 3. The van der Waals surface area contributed by atoms with E-state index >= 15 is 0 Å². The van der Waals surface area contributed by atoms with Crippen LogP contribution in [0.3, 0.4) is 0 Å². The van der Waals surface area contributed by atoms with Crippen LogP contribution in [0.1, 0.15) is 16.7 Å². The standard InChI is InChI=1S/C18H14ClF3N4O2/c19-14-6-3-12(18(20,21)22)7-11(14)8-15(27)24-13-4-1-10(2-5-13)17-23-9-16(28)25-26-17/h1-7H,8-9H2,(H,23,26)(H,24,27)(H,25,28). The molecule has 3 N–H and O–H groups in total. The maximum atomic E-state index is 12.8. The number of carbonyl (C=O) groups excluding carboxylic acids is 2. The Labute approximate surface area is 162 Å². The molecular formula is C18H14ClF3N4O2. The topological polar surface area (TPSA) is 82.6 Å². The molecule has 0 saturated carbocycles. The smallest absolute Gasteiger partial charge is 0.326 e. The van der Waals surface area contributed by atoms with E-state index in [1.165, 1.54) is 0 Å². The second kappa shape index (κ2) is 7.89. The first-order valence-corrected chi connectivity index (χ1v) is 8.45. The van der Waals surface area contributed by atoms with Gasteiger partial charge in [0, 0.05) is 16.3 Å². The Kier molecular flexibility index (Phi) is 5.55. The van der Waals surface area contributed by atoms with E-state index in [2.05, 4.69) is 21.2 Å². The van der Waals surface area contributed by atoms with Crippen molar-refractivity contribution in [1.82, 2.24) is 10.9 Å². The third-order valence-corrected chi connectivity index (χ3v) is 4.24. The van der Waals surface area contributed by atoms with E-state index in [0.29, 0.717) is 17.1 Å². The molecule has 0 aromatic heterocycles. The van der Waals surface area contributed by atoms with Gasteiger partial charge < -0.3 is 5.32 Å². The number of hydrogen-bond donors (Lipinski definition) is 3. The van der Waals surface area contributed by atoms with Gasteiger partial charge in [0.1, 0.15) is 12.4 Å². The van der Waals surface area contributed by atoms with E-state index in [-0.39, 0.29) is 29.5 Å². The van der Waals surface area contributed by atoms with Crippen LogP contribution >= 0.6 is 11.6 Å². The fourth-order valence-corrected chi connectivity index (χ4v) is 2.68. The lowest BCUT2D eigenvalue weighted by Gasteiger charge is -2.16. The fraction of sp³-hybridized carbons (Fsp3) is 0.167. The molecule has 0 fully saturated rings. The number of benzene rings is 2. The molecule has 10 heteroatoms. The molecular weight excluding hydrogens is 397 g/mol. The third kappa shape index (κ3) is 4.80. The van der Waals surface area contributed by atoms with Gasteiger partial charge in [-0.2, -0.15) is 13.2 Å². The SMILES string of the molecule is O=C1CN=C(c2ccc(NC(=O)Cc3cc(C(F)(F)F)ccc3Cl)cc2)NN1. The summed E-state index contributed by atoms with van der Waals surface area (Å²) in [6.07, 6.45) is -4.81.